The molecule has 0 saturated carbocycles. The number of anilines is 6. The third-order valence-electron chi connectivity index (χ3n) is 12.3. The fourth-order valence-electron chi connectivity index (χ4n) is 9.66. The second-order valence-electron chi connectivity index (χ2n) is 15.8. The molecule has 0 fully saturated rings. The van der Waals surface area contributed by atoms with E-state index in [9.17, 15) is 0 Å². The Morgan fingerprint density at radius 2 is 0.885 bits per heavy atom. The van der Waals surface area contributed by atoms with Crippen LogP contribution in [0, 0.1) is 0 Å². The first-order valence-corrected chi connectivity index (χ1v) is 20.7. The Kier molecular flexibility index (Phi) is 7.21. The van der Waals surface area contributed by atoms with Crippen molar-refractivity contribution in [2.75, 3.05) is 9.80 Å². The highest BCUT2D eigenvalue weighted by Gasteiger charge is 2.32. The van der Waals surface area contributed by atoms with Gasteiger partial charge in [0.25, 0.3) is 0 Å². The molecule has 0 bridgehead atoms. The minimum absolute atomic E-state index is 0.882. The summed E-state index contributed by atoms with van der Waals surface area (Å²) in [4.78, 5) is 13.9. The molecular formula is C55H36N6. The lowest BCUT2D eigenvalue weighted by Crippen LogP contribution is -2.24. The van der Waals surface area contributed by atoms with Crippen LogP contribution in [0.3, 0.4) is 0 Å². The number of benzene rings is 9. The average Bonchev–Trinajstić information content (AvgIpc) is 3.99. The van der Waals surface area contributed by atoms with Crippen molar-refractivity contribution >= 4 is 88.8 Å². The molecule has 0 atom stereocenters. The molecule has 4 heterocycles. The van der Waals surface area contributed by atoms with Gasteiger partial charge in [0.15, 0.2) is 0 Å². The SMILES string of the molecule is c1ccc(N2c3ccccc3N(c3ccccc3)c3cc4c(cc32)nc(-c2ccc(-n3c5ccccc5c5cc6[nH]c7ccccc7c6cc53)cc2)n4-c2ccccc2)cc1. The first-order chi connectivity index (χ1) is 30.3. The number of hydrogen-bond donors (Lipinski definition) is 1. The number of nitrogens with one attached hydrogen (secondary N) is 1. The van der Waals surface area contributed by atoms with E-state index in [2.05, 4.69) is 236 Å². The highest BCUT2D eigenvalue weighted by molar-refractivity contribution is 6.18. The molecule has 0 aliphatic carbocycles. The predicted molar refractivity (Wildman–Crippen MR) is 253 cm³/mol. The zero-order chi connectivity index (χ0) is 40.0. The second kappa shape index (κ2) is 13.1. The summed E-state index contributed by atoms with van der Waals surface area (Å²) in [5.74, 6) is 0.882. The molecule has 0 unspecified atom stereocenters. The fraction of sp³-hybridized carbons (Fsp3) is 0. The third-order valence-corrected chi connectivity index (χ3v) is 12.3. The standard InChI is InChI=1S/C55H36N6/c1-4-16-37(17-5-1)59-49-26-14-15-27-50(49)60(38-18-6-2-7-19-38)54-35-52-47(34-53(54)59)57-55(61(52)39-20-8-3-9-21-39)36-28-30-40(31-29-36)58-48-25-13-11-23-42(48)44-32-46-43(33-51(44)58)41-22-10-12-24-45(41)56-46/h1-35,56H. The van der Waals surface area contributed by atoms with Gasteiger partial charge in [0.05, 0.1) is 44.8 Å². The van der Waals surface area contributed by atoms with Crippen molar-refractivity contribution in [3.63, 3.8) is 0 Å². The molecule has 12 aromatic rings. The Balaban J connectivity index is 1.02. The summed E-state index contributed by atoms with van der Waals surface area (Å²) in [7, 11) is 0. The maximum atomic E-state index is 5.51. The van der Waals surface area contributed by atoms with E-state index in [4.69, 9.17) is 4.98 Å². The van der Waals surface area contributed by atoms with Crippen LogP contribution in [0.2, 0.25) is 0 Å². The van der Waals surface area contributed by atoms with Gasteiger partial charge in [-0.1, -0.05) is 103 Å². The van der Waals surface area contributed by atoms with Gasteiger partial charge in [-0.05, 0) is 109 Å². The van der Waals surface area contributed by atoms with Crippen LogP contribution in [0.5, 0.6) is 0 Å². The van der Waals surface area contributed by atoms with Crippen molar-refractivity contribution in [3.05, 3.63) is 212 Å². The summed E-state index contributed by atoms with van der Waals surface area (Å²) in [6, 6.07) is 76.1. The number of H-pyrrole nitrogens is 1. The topological polar surface area (TPSA) is 45.0 Å². The Hall–Kier alpha value is -8.35. The lowest BCUT2D eigenvalue weighted by atomic mass is 10.0. The number of aromatic nitrogens is 4. The summed E-state index contributed by atoms with van der Waals surface area (Å²) < 4.78 is 4.72. The van der Waals surface area contributed by atoms with Gasteiger partial charge in [-0.25, -0.2) is 4.98 Å². The maximum absolute atomic E-state index is 5.51. The van der Waals surface area contributed by atoms with Gasteiger partial charge >= 0.3 is 0 Å². The van der Waals surface area contributed by atoms with E-state index in [1.807, 2.05) is 0 Å². The summed E-state index contributed by atoms with van der Waals surface area (Å²) >= 11 is 0. The van der Waals surface area contributed by atoms with Gasteiger partial charge in [0, 0.05) is 60.9 Å². The van der Waals surface area contributed by atoms with Crippen LogP contribution in [-0.2, 0) is 0 Å². The number of hydrogen-bond acceptors (Lipinski definition) is 3. The van der Waals surface area contributed by atoms with Gasteiger partial charge in [-0.3, -0.25) is 4.57 Å². The lowest BCUT2D eigenvalue weighted by Gasteiger charge is -2.40. The number of nitrogens with zero attached hydrogens (tertiary/aromatic N) is 5. The Labute approximate surface area is 351 Å². The van der Waals surface area contributed by atoms with Gasteiger partial charge < -0.3 is 19.4 Å². The molecule has 6 heteroatoms. The molecule has 3 aromatic heterocycles. The van der Waals surface area contributed by atoms with E-state index in [0.29, 0.717) is 0 Å². The first kappa shape index (κ1) is 33.6. The quantitative estimate of drug-likeness (QED) is 0.189. The molecule has 13 rings (SSSR count). The minimum Gasteiger partial charge on any atom is -0.354 e. The molecule has 0 amide bonds. The van der Waals surface area contributed by atoms with Gasteiger partial charge in [-0.15, -0.1) is 0 Å². The van der Waals surface area contributed by atoms with Crippen LogP contribution < -0.4 is 9.80 Å². The predicted octanol–water partition coefficient (Wildman–Crippen LogP) is 14.7. The monoisotopic (exact) mass is 780 g/mol. The van der Waals surface area contributed by atoms with E-state index in [-0.39, 0.29) is 0 Å². The number of fused-ring (bicyclic) bond motifs is 9. The molecule has 1 N–H and O–H groups in total. The lowest BCUT2D eigenvalue weighted by molar-refractivity contribution is 1.10. The molecule has 286 valence electrons. The average molecular weight is 781 g/mol. The molecule has 0 radical (unpaired) electrons. The largest absolute Gasteiger partial charge is 0.354 e. The fourth-order valence-corrected chi connectivity index (χ4v) is 9.66. The smallest absolute Gasteiger partial charge is 0.145 e. The number of rotatable bonds is 5. The summed E-state index contributed by atoms with van der Waals surface area (Å²) in [5, 5.41) is 4.91. The Morgan fingerprint density at radius 1 is 0.328 bits per heavy atom. The zero-order valence-corrected chi connectivity index (χ0v) is 32.9. The molecule has 0 saturated heterocycles. The van der Waals surface area contributed by atoms with Gasteiger partial charge in [0.1, 0.15) is 5.82 Å². The number of aromatic amines is 1. The Bertz CT molecular complexity index is 3640. The molecule has 1 aliphatic heterocycles. The van der Waals surface area contributed by atoms with Crippen LogP contribution in [-0.4, -0.2) is 19.1 Å². The van der Waals surface area contributed by atoms with Crippen molar-refractivity contribution in [3.8, 4) is 22.8 Å². The zero-order valence-electron chi connectivity index (χ0n) is 32.9. The van der Waals surface area contributed by atoms with Crippen LogP contribution >= 0.6 is 0 Å². The number of imidazole rings is 1. The van der Waals surface area contributed by atoms with Gasteiger partial charge in [0.2, 0.25) is 0 Å². The normalized spacial score (nSPS) is 12.5. The van der Waals surface area contributed by atoms with Crippen molar-refractivity contribution in [2.24, 2.45) is 0 Å². The third kappa shape index (κ3) is 5.06. The minimum atomic E-state index is 0.882. The van der Waals surface area contributed by atoms with Gasteiger partial charge in [-0.2, -0.15) is 0 Å². The van der Waals surface area contributed by atoms with Crippen LogP contribution in [0.4, 0.5) is 34.1 Å². The molecule has 9 aromatic carbocycles. The van der Waals surface area contributed by atoms with Crippen LogP contribution in [0.25, 0.3) is 77.4 Å². The molecule has 6 nitrogen and oxygen atoms in total. The number of para-hydroxylation sites is 7. The van der Waals surface area contributed by atoms with E-state index in [1.165, 1.54) is 32.6 Å². The van der Waals surface area contributed by atoms with E-state index >= 15 is 0 Å². The highest BCUT2D eigenvalue weighted by atomic mass is 15.3. The second-order valence-corrected chi connectivity index (χ2v) is 15.8. The van der Waals surface area contributed by atoms with Crippen molar-refractivity contribution < 1.29 is 0 Å². The molecule has 1 aliphatic rings. The van der Waals surface area contributed by atoms with E-state index in [1.54, 1.807) is 0 Å². The van der Waals surface area contributed by atoms with Crippen molar-refractivity contribution in [2.45, 2.75) is 0 Å². The molecular weight excluding hydrogens is 745 g/mol. The van der Waals surface area contributed by atoms with Crippen LogP contribution in [0.1, 0.15) is 0 Å². The summed E-state index contributed by atoms with van der Waals surface area (Å²) in [6.45, 7) is 0. The summed E-state index contributed by atoms with van der Waals surface area (Å²) in [5.41, 5.74) is 16.3. The Morgan fingerprint density at radius 3 is 1.57 bits per heavy atom. The van der Waals surface area contributed by atoms with Crippen LogP contribution in [0.15, 0.2) is 212 Å². The molecule has 61 heavy (non-hydrogen) atoms. The first-order valence-electron chi connectivity index (χ1n) is 20.7. The van der Waals surface area contributed by atoms with E-state index < -0.39 is 0 Å². The van der Waals surface area contributed by atoms with Crippen molar-refractivity contribution in [1.82, 2.24) is 19.1 Å². The van der Waals surface area contributed by atoms with Crippen molar-refractivity contribution in [1.29, 1.82) is 0 Å². The highest BCUT2D eigenvalue weighted by Crippen LogP contribution is 2.55. The van der Waals surface area contributed by atoms with E-state index in [0.717, 1.165) is 79.0 Å². The molecule has 0 spiro atoms. The maximum Gasteiger partial charge on any atom is 0.145 e. The summed E-state index contributed by atoms with van der Waals surface area (Å²) in [6.07, 6.45) is 0.